The standard InChI is InChI=1S/C15H18ClNO3/c1-17(9-6-13(18)19)14(20)15(7-3-8-15)11-4-2-5-12(16)10-11/h2,4-5,10H,3,6-9H2,1H3,(H,18,19). The number of benzene rings is 1. The second-order valence-corrected chi connectivity index (χ2v) is 5.75. The van der Waals surface area contributed by atoms with Gasteiger partial charge in [-0.3, -0.25) is 9.59 Å². The molecule has 0 aliphatic heterocycles. The summed E-state index contributed by atoms with van der Waals surface area (Å²) in [5.74, 6) is -0.901. The fourth-order valence-electron chi connectivity index (χ4n) is 2.67. The number of carbonyl (C=O) groups excluding carboxylic acids is 1. The van der Waals surface area contributed by atoms with Crippen molar-refractivity contribution in [2.45, 2.75) is 31.1 Å². The van der Waals surface area contributed by atoms with Gasteiger partial charge in [-0.25, -0.2) is 0 Å². The number of carboxylic acids is 1. The first-order chi connectivity index (χ1) is 9.45. The molecule has 20 heavy (non-hydrogen) atoms. The normalized spacial score (nSPS) is 16.3. The molecule has 1 fully saturated rings. The van der Waals surface area contributed by atoms with Crippen molar-refractivity contribution in [3.8, 4) is 0 Å². The lowest BCUT2D eigenvalue weighted by Gasteiger charge is -2.43. The van der Waals surface area contributed by atoms with E-state index in [1.54, 1.807) is 13.1 Å². The summed E-state index contributed by atoms with van der Waals surface area (Å²) in [6.07, 6.45) is 2.56. The number of carbonyl (C=O) groups is 2. The topological polar surface area (TPSA) is 57.6 Å². The monoisotopic (exact) mass is 295 g/mol. The van der Waals surface area contributed by atoms with Gasteiger partial charge >= 0.3 is 5.97 Å². The van der Waals surface area contributed by atoms with E-state index >= 15 is 0 Å². The average Bonchev–Trinajstić information content (AvgIpc) is 2.34. The summed E-state index contributed by atoms with van der Waals surface area (Å²) in [7, 11) is 1.66. The quantitative estimate of drug-likeness (QED) is 0.908. The van der Waals surface area contributed by atoms with Crippen molar-refractivity contribution in [3.05, 3.63) is 34.9 Å². The van der Waals surface area contributed by atoms with Crippen LogP contribution >= 0.6 is 11.6 Å². The Hall–Kier alpha value is -1.55. The minimum atomic E-state index is -0.893. The van der Waals surface area contributed by atoms with Gasteiger partial charge in [-0.05, 0) is 30.5 Å². The molecule has 1 aliphatic carbocycles. The van der Waals surface area contributed by atoms with Gasteiger partial charge < -0.3 is 10.0 Å². The van der Waals surface area contributed by atoms with Gasteiger partial charge in [0.15, 0.2) is 0 Å². The molecule has 1 aliphatic rings. The number of hydrogen-bond acceptors (Lipinski definition) is 2. The van der Waals surface area contributed by atoms with Crippen LogP contribution in [0.15, 0.2) is 24.3 Å². The molecule has 1 aromatic rings. The highest BCUT2D eigenvalue weighted by molar-refractivity contribution is 6.30. The molecule has 108 valence electrons. The third-order valence-electron chi connectivity index (χ3n) is 4.00. The summed E-state index contributed by atoms with van der Waals surface area (Å²) in [4.78, 5) is 24.8. The van der Waals surface area contributed by atoms with Crippen molar-refractivity contribution >= 4 is 23.5 Å². The van der Waals surface area contributed by atoms with E-state index in [1.165, 1.54) is 4.90 Å². The van der Waals surface area contributed by atoms with E-state index in [1.807, 2.05) is 18.2 Å². The molecule has 2 rings (SSSR count). The number of amides is 1. The van der Waals surface area contributed by atoms with Crippen molar-refractivity contribution in [2.75, 3.05) is 13.6 Å². The fraction of sp³-hybridized carbons (Fsp3) is 0.467. The van der Waals surface area contributed by atoms with E-state index in [2.05, 4.69) is 0 Å². The van der Waals surface area contributed by atoms with Crippen LogP contribution < -0.4 is 0 Å². The van der Waals surface area contributed by atoms with Crippen molar-refractivity contribution < 1.29 is 14.7 Å². The van der Waals surface area contributed by atoms with Crippen LogP contribution in [0.3, 0.4) is 0 Å². The first-order valence-corrected chi connectivity index (χ1v) is 7.07. The third kappa shape index (κ3) is 2.80. The van der Waals surface area contributed by atoms with Crippen LogP contribution in [0.5, 0.6) is 0 Å². The number of halogens is 1. The maximum Gasteiger partial charge on any atom is 0.305 e. The van der Waals surface area contributed by atoms with Crippen LogP contribution in [0.2, 0.25) is 5.02 Å². The van der Waals surface area contributed by atoms with Crippen molar-refractivity contribution in [3.63, 3.8) is 0 Å². The average molecular weight is 296 g/mol. The van der Waals surface area contributed by atoms with Crippen LogP contribution in [0.4, 0.5) is 0 Å². The van der Waals surface area contributed by atoms with E-state index in [0.717, 1.165) is 24.8 Å². The molecule has 1 aromatic carbocycles. The molecule has 4 nitrogen and oxygen atoms in total. The molecule has 0 spiro atoms. The lowest BCUT2D eigenvalue weighted by Crippen LogP contribution is -2.50. The molecule has 1 N–H and O–H groups in total. The molecule has 0 heterocycles. The molecule has 0 unspecified atom stereocenters. The van der Waals surface area contributed by atoms with Crippen LogP contribution in [-0.2, 0) is 15.0 Å². The van der Waals surface area contributed by atoms with Gasteiger partial charge in [0.05, 0.1) is 11.8 Å². The van der Waals surface area contributed by atoms with Crippen molar-refractivity contribution in [1.82, 2.24) is 4.90 Å². The Bertz CT molecular complexity index is 526. The largest absolute Gasteiger partial charge is 0.481 e. The first kappa shape index (κ1) is 14.9. The zero-order valence-electron chi connectivity index (χ0n) is 11.4. The van der Waals surface area contributed by atoms with Gasteiger partial charge in [0.25, 0.3) is 0 Å². The van der Waals surface area contributed by atoms with Gasteiger partial charge in [-0.1, -0.05) is 30.2 Å². The Labute approximate surface area is 123 Å². The zero-order valence-corrected chi connectivity index (χ0v) is 12.2. The maximum atomic E-state index is 12.7. The summed E-state index contributed by atoms with van der Waals surface area (Å²) in [6, 6.07) is 7.40. The molecule has 0 radical (unpaired) electrons. The van der Waals surface area contributed by atoms with E-state index in [9.17, 15) is 9.59 Å². The highest BCUT2D eigenvalue weighted by Gasteiger charge is 2.46. The Morgan fingerprint density at radius 3 is 2.60 bits per heavy atom. The van der Waals surface area contributed by atoms with Gasteiger partial charge in [0, 0.05) is 18.6 Å². The van der Waals surface area contributed by atoms with Crippen molar-refractivity contribution in [1.29, 1.82) is 0 Å². The second-order valence-electron chi connectivity index (χ2n) is 5.32. The summed E-state index contributed by atoms with van der Waals surface area (Å²) >= 11 is 6.02. The number of aliphatic carboxylic acids is 1. The number of hydrogen-bond donors (Lipinski definition) is 1. The van der Waals surface area contributed by atoms with Crippen LogP contribution in [0, 0.1) is 0 Å². The Morgan fingerprint density at radius 2 is 2.10 bits per heavy atom. The molecule has 0 bridgehead atoms. The van der Waals surface area contributed by atoms with Gasteiger partial charge in [-0.15, -0.1) is 0 Å². The summed E-state index contributed by atoms with van der Waals surface area (Å²) < 4.78 is 0. The Kier molecular flexibility index (Phi) is 4.33. The minimum absolute atomic E-state index is 0.00716. The fourth-order valence-corrected chi connectivity index (χ4v) is 2.86. The minimum Gasteiger partial charge on any atom is -0.481 e. The molecule has 1 amide bonds. The lowest BCUT2D eigenvalue weighted by atomic mass is 9.63. The van der Waals surface area contributed by atoms with E-state index < -0.39 is 11.4 Å². The number of carboxylic acid groups (broad SMARTS) is 1. The molecule has 0 aromatic heterocycles. The summed E-state index contributed by atoms with van der Waals surface area (Å²) in [6.45, 7) is 0.233. The van der Waals surface area contributed by atoms with E-state index in [4.69, 9.17) is 16.7 Å². The SMILES string of the molecule is CN(CCC(=O)O)C(=O)C1(c2cccc(Cl)c2)CCC1. The smallest absolute Gasteiger partial charge is 0.305 e. The number of nitrogens with zero attached hydrogens (tertiary/aromatic N) is 1. The maximum absolute atomic E-state index is 12.7. The second kappa shape index (κ2) is 5.83. The summed E-state index contributed by atoms with van der Waals surface area (Å²) in [5, 5.41) is 9.34. The predicted octanol–water partition coefficient (Wildman–Crippen LogP) is 2.69. The molecular formula is C15H18ClNO3. The van der Waals surface area contributed by atoms with E-state index in [0.29, 0.717) is 5.02 Å². The molecular weight excluding hydrogens is 278 g/mol. The zero-order chi connectivity index (χ0) is 14.8. The Balaban J connectivity index is 2.18. The highest BCUT2D eigenvalue weighted by atomic mass is 35.5. The molecule has 0 atom stereocenters. The number of rotatable bonds is 5. The first-order valence-electron chi connectivity index (χ1n) is 6.69. The van der Waals surface area contributed by atoms with Gasteiger partial charge in [0.2, 0.25) is 5.91 Å². The molecule has 5 heteroatoms. The predicted molar refractivity (Wildman–Crippen MR) is 76.9 cm³/mol. The lowest BCUT2D eigenvalue weighted by molar-refractivity contribution is -0.141. The Morgan fingerprint density at radius 1 is 1.40 bits per heavy atom. The van der Waals surface area contributed by atoms with Crippen LogP contribution in [0.25, 0.3) is 0 Å². The highest BCUT2D eigenvalue weighted by Crippen LogP contribution is 2.45. The van der Waals surface area contributed by atoms with E-state index in [-0.39, 0.29) is 18.9 Å². The van der Waals surface area contributed by atoms with Gasteiger partial charge in [-0.2, -0.15) is 0 Å². The van der Waals surface area contributed by atoms with Crippen LogP contribution in [-0.4, -0.2) is 35.5 Å². The number of likely N-dealkylation sites (N-methyl/N-ethyl adjacent to an activating group) is 1. The van der Waals surface area contributed by atoms with Crippen LogP contribution in [0.1, 0.15) is 31.2 Å². The van der Waals surface area contributed by atoms with Crippen molar-refractivity contribution in [2.24, 2.45) is 0 Å². The third-order valence-corrected chi connectivity index (χ3v) is 4.24. The molecule has 0 saturated heterocycles. The molecule has 1 saturated carbocycles. The summed E-state index contributed by atoms with van der Waals surface area (Å²) in [5.41, 5.74) is 0.418. The van der Waals surface area contributed by atoms with Gasteiger partial charge in [0.1, 0.15) is 0 Å².